The topological polar surface area (TPSA) is 88.9 Å². The number of H-pyrrole nitrogens is 1. The number of aromatic amines is 1. The van der Waals surface area contributed by atoms with Crippen LogP contribution in [0, 0.1) is 28.4 Å². The molecule has 2 aliphatic heterocycles. The first kappa shape index (κ1) is 21.2. The van der Waals surface area contributed by atoms with Crippen LogP contribution in [-0.2, 0) is 4.79 Å². The van der Waals surface area contributed by atoms with Crippen molar-refractivity contribution in [3.63, 3.8) is 0 Å². The summed E-state index contributed by atoms with van der Waals surface area (Å²) in [5.41, 5.74) is 2.47. The zero-order valence-corrected chi connectivity index (χ0v) is 18.6. The Morgan fingerprint density at radius 2 is 1.89 bits per heavy atom. The number of carbonyl (C=O) groups is 1. The second kappa shape index (κ2) is 7.87. The van der Waals surface area contributed by atoms with Crippen molar-refractivity contribution in [1.82, 2.24) is 15.0 Å². The van der Waals surface area contributed by atoms with Crippen molar-refractivity contribution in [2.24, 2.45) is 5.41 Å². The van der Waals surface area contributed by atoms with Gasteiger partial charge in [0, 0.05) is 31.0 Å². The lowest BCUT2D eigenvalue weighted by atomic mass is 9.63. The van der Waals surface area contributed by atoms with Crippen molar-refractivity contribution in [3.05, 3.63) is 83.7 Å². The SMILES string of the molecule is N#Cc1ccc2nc(N3CCC4(CC3)C(=O)N(c3ccc(F)c(F)c3)C4c3ccccn3)[nH]c2c1. The second-order valence-corrected chi connectivity index (χ2v) is 8.98. The number of imidazole rings is 1. The minimum absolute atomic E-state index is 0.109. The lowest BCUT2D eigenvalue weighted by Gasteiger charge is -2.58. The van der Waals surface area contributed by atoms with Crippen molar-refractivity contribution in [2.45, 2.75) is 18.9 Å². The highest BCUT2D eigenvalue weighted by Gasteiger charge is 2.62. The lowest BCUT2D eigenvalue weighted by Crippen LogP contribution is -2.67. The molecule has 2 fully saturated rings. The quantitative estimate of drug-likeness (QED) is 0.446. The largest absolute Gasteiger partial charge is 0.342 e. The molecule has 0 aliphatic carbocycles. The van der Waals surface area contributed by atoms with E-state index in [1.165, 1.54) is 11.0 Å². The summed E-state index contributed by atoms with van der Waals surface area (Å²) in [7, 11) is 0. The number of hydrogen-bond donors (Lipinski definition) is 1. The zero-order valence-electron chi connectivity index (χ0n) is 18.6. The van der Waals surface area contributed by atoms with E-state index in [2.05, 4.69) is 25.9 Å². The fourth-order valence-corrected chi connectivity index (χ4v) is 5.33. The number of β-lactam (4-membered cyclic amide) rings is 1. The molecule has 1 amide bonds. The van der Waals surface area contributed by atoms with E-state index < -0.39 is 17.0 Å². The standard InChI is InChI=1S/C26H20F2N6O/c27-18-6-5-17(14-19(18)28)34-23(21-3-1-2-10-30-21)26(24(34)35)8-11-33(12-9-26)25-31-20-7-4-16(15-29)13-22(20)32-25/h1-7,10,13-14,23H,8-9,11-12H2,(H,31,32). The van der Waals surface area contributed by atoms with Gasteiger partial charge in [0.05, 0.1) is 39.8 Å². The summed E-state index contributed by atoms with van der Waals surface area (Å²) in [6.45, 7) is 1.18. The number of aromatic nitrogens is 3. The normalized spacial score (nSPS) is 19.1. The minimum Gasteiger partial charge on any atom is -0.342 e. The molecule has 2 aromatic heterocycles. The van der Waals surface area contributed by atoms with Crippen LogP contribution in [-0.4, -0.2) is 33.9 Å². The molecule has 4 aromatic rings. The van der Waals surface area contributed by atoms with Gasteiger partial charge in [0.1, 0.15) is 0 Å². The van der Waals surface area contributed by atoms with Gasteiger partial charge in [-0.05, 0) is 55.3 Å². The van der Waals surface area contributed by atoms with Crippen LogP contribution in [0.2, 0.25) is 0 Å². The van der Waals surface area contributed by atoms with Crippen molar-refractivity contribution >= 4 is 28.6 Å². The maximum absolute atomic E-state index is 14.0. The molecule has 2 aromatic carbocycles. The lowest BCUT2D eigenvalue weighted by molar-refractivity contribution is -0.142. The monoisotopic (exact) mass is 470 g/mol. The third-order valence-corrected chi connectivity index (χ3v) is 7.13. The van der Waals surface area contributed by atoms with E-state index in [0.29, 0.717) is 43.1 Å². The van der Waals surface area contributed by atoms with Crippen LogP contribution in [0.1, 0.15) is 30.1 Å². The highest BCUT2D eigenvalue weighted by Crippen LogP contribution is 2.57. The van der Waals surface area contributed by atoms with Gasteiger partial charge in [-0.3, -0.25) is 9.78 Å². The van der Waals surface area contributed by atoms with E-state index in [4.69, 9.17) is 5.26 Å². The number of piperidine rings is 1. The molecule has 2 aliphatic rings. The molecule has 2 saturated heterocycles. The van der Waals surface area contributed by atoms with Gasteiger partial charge in [-0.1, -0.05) is 6.07 Å². The van der Waals surface area contributed by atoms with Crippen LogP contribution in [0.3, 0.4) is 0 Å². The maximum atomic E-state index is 14.0. The molecule has 6 rings (SSSR count). The number of nitrogens with one attached hydrogen (secondary N) is 1. The molecule has 1 unspecified atom stereocenters. The Kier molecular flexibility index (Phi) is 4.78. The first-order valence-electron chi connectivity index (χ1n) is 11.3. The number of hydrogen-bond acceptors (Lipinski definition) is 5. The van der Waals surface area contributed by atoms with Gasteiger partial charge in [0.25, 0.3) is 0 Å². The average molecular weight is 470 g/mol. The number of nitrogens with zero attached hydrogens (tertiary/aromatic N) is 5. The number of halogens is 2. The summed E-state index contributed by atoms with van der Waals surface area (Å²) in [6, 6.07) is 16.1. The molecule has 0 bridgehead atoms. The Morgan fingerprint density at radius 1 is 1.06 bits per heavy atom. The number of rotatable bonds is 3. The van der Waals surface area contributed by atoms with Crippen molar-refractivity contribution in [1.29, 1.82) is 5.26 Å². The number of fused-ring (bicyclic) bond motifs is 1. The van der Waals surface area contributed by atoms with Gasteiger partial charge in [-0.25, -0.2) is 13.8 Å². The third-order valence-electron chi connectivity index (χ3n) is 7.13. The summed E-state index contributed by atoms with van der Waals surface area (Å²) in [6.07, 6.45) is 2.80. The Hall–Kier alpha value is -4.32. The number of carbonyl (C=O) groups excluding carboxylic acids is 1. The number of pyridine rings is 1. The summed E-state index contributed by atoms with van der Waals surface area (Å²) in [5, 5.41) is 9.14. The second-order valence-electron chi connectivity index (χ2n) is 8.98. The highest BCUT2D eigenvalue weighted by molar-refractivity contribution is 6.06. The molecule has 4 heterocycles. The van der Waals surface area contributed by atoms with Crippen molar-refractivity contribution in [3.8, 4) is 6.07 Å². The summed E-state index contributed by atoms with van der Waals surface area (Å²) >= 11 is 0. The maximum Gasteiger partial charge on any atom is 0.236 e. The Bertz CT molecular complexity index is 1490. The Balaban J connectivity index is 1.30. The fourth-order valence-electron chi connectivity index (χ4n) is 5.33. The van der Waals surface area contributed by atoms with Crippen LogP contribution in [0.5, 0.6) is 0 Å². The van der Waals surface area contributed by atoms with Crippen LogP contribution >= 0.6 is 0 Å². The number of nitriles is 1. The minimum atomic E-state index is -0.990. The van der Waals surface area contributed by atoms with Gasteiger partial charge in [-0.2, -0.15) is 5.26 Å². The van der Waals surface area contributed by atoms with Crippen LogP contribution < -0.4 is 9.80 Å². The van der Waals surface area contributed by atoms with E-state index in [0.717, 1.165) is 28.9 Å². The van der Waals surface area contributed by atoms with E-state index >= 15 is 0 Å². The Morgan fingerprint density at radius 3 is 2.60 bits per heavy atom. The molecular formula is C26H20F2N6O. The van der Waals surface area contributed by atoms with Crippen LogP contribution in [0.15, 0.2) is 60.8 Å². The van der Waals surface area contributed by atoms with E-state index in [1.54, 1.807) is 24.4 Å². The van der Waals surface area contributed by atoms with Gasteiger partial charge < -0.3 is 14.8 Å². The molecule has 35 heavy (non-hydrogen) atoms. The van der Waals surface area contributed by atoms with Crippen LogP contribution in [0.4, 0.5) is 20.4 Å². The van der Waals surface area contributed by atoms with Crippen molar-refractivity contribution < 1.29 is 13.6 Å². The molecule has 1 atom stereocenters. The highest BCUT2D eigenvalue weighted by atomic mass is 19.2. The predicted octanol–water partition coefficient (Wildman–Crippen LogP) is 4.48. The first-order chi connectivity index (χ1) is 17.0. The summed E-state index contributed by atoms with van der Waals surface area (Å²) in [5.74, 6) is -1.35. The van der Waals surface area contributed by atoms with Gasteiger partial charge in [-0.15, -0.1) is 0 Å². The molecule has 0 radical (unpaired) electrons. The van der Waals surface area contributed by atoms with Gasteiger partial charge in [0.2, 0.25) is 11.9 Å². The fraction of sp³-hybridized carbons (Fsp3) is 0.231. The predicted molar refractivity (Wildman–Crippen MR) is 126 cm³/mol. The van der Waals surface area contributed by atoms with E-state index in [9.17, 15) is 13.6 Å². The Labute approximate surface area is 199 Å². The van der Waals surface area contributed by atoms with E-state index in [1.807, 2.05) is 18.2 Å². The van der Waals surface area contributed by atoms with Crippen molar-refractivity contribution in [2.75, 3.05) is 22.9 Å². The van der Waals surface area contributed by atoms with E-state index in [-0.39, 0.29) is 11.9 Å². The zero-order chi connectivity index (χ0) is 24.2. The van der Waals surface area contributed by atoms with Gasteiger partial charge >= 0.3 is 0 Å². The molecule has 1 N–H and O–H groups in total. The molecule has 1 spiro atoms. The molecule has 9 heteroatoms. The molecule has 0 saturated carbocycles. The first-order valence-corrected chi connectivity index (χ1v) is 11.3. The molecule has 7 nitrogen and oxygen atoms in total. The van der Waals surface area contributed by atoms with Crippen LogP contribution in [0.25, 0.3) is 11.0 Å². The molecule has 174 valence electrons. The number of anilines is 2. The summed E-state index contributed by atoms with van der Waals surface area (Å²) in [4.78, 5) is 29.7. The third kappa shape index (κ3) is 3.25. The number of amides is 1. The smallest absolute Gasteiger partial charge is 0.236 e. The number of benzene rings is 2. The molecular weight excluding hydrogens is 450 g/mol. The summed E-state index contributed by atoms with van der Waals surface area (Å²) < 4.78 is 27.6. The average Bonchev–Trinajstić information content (AvgIpc) is 3.32. The van der Waals surface area contributed by atoms with Gasteiger partial charge in [0.15, 0.2) is 11.6 Å².